The average molecular weight is 234 g/mol. The number of rotatable bonds is 5. The monoisotopic (exact) mass is 234 g/mol. The van der Waals surface area contributed by atoms with Crippen LogP contribution in [-0.2, 0) is 11.3 Å². The summed E-state index contributed by atoms with van der Waals surface area (Å²) in [7, 11) is 1.78. The van der Waals surface area contributed by atoms with E-state index in [1.807, 2.05) is 19.1 Å². The molecule has 0 fully saturated rings. The van der Waals surface area contributed by atoms with Gasteiger partial charge in [-0.1, -0.05) is 19.1 Å². The van der Waals surface area contributed by atoms with Crippen molar-refractivity contribution in [2.45, 2.75) is 26.3 Å². The number of carbonyl (C=O) groups excluding carboxylic acids is 2. The van der Waals surface area contributed by atoms with Gasteiger partial charge in [0.2, 0.25) is 11.8 Å². The van der Waals surface area contributed by atoms with Gasteiger partial charge in [-0.05, 0) is 24.1 Å². The Balaban J connectivity index is 2.63. The SMILES string of the molecule is CCCC(=O)N(C)Cc1ccc(C(N)=O)cc1. The molecule has 0 radical (unpaired) electrons. The van der Waals surface area contributed by atoms with Crippen molar-refractivity contribution >= 4 is 11.8 Å². The summed E-state index contributed by atoms with van der Waals surface area (Å²) in [5, 5.41) is 0. The first-order valence-corrected chi connectivity index (χ1v) is 5.67. The number of primary amides is 1. The highest BCUT2D eigenvalue weighted by Gasteiger charge is 2.08. The van der Waals surface area contributed by atoms with Crippen LogP contribution in [-0.4, -0.2) is 23.8 Å². The van der Waals surface area contributed by atoms with Gasteiger partial charge in [-0.3, -0.25) is 9.59 Å². The maximum Gasteiger partial charge on any atom is 0.248 e. The molecule has 4 heteroatoms. The lowest BCUT2D eigenvalue weighted by Crippen LogP contribution is -2.25. The second-order valence-corrected chi connectivity index (χ2v) is 4.06. The lowest BCUT2D eigenvalue weighted by atomic mass is 10.1. The Kier molecular flexibility index (Phi) is 4.69. The summed E-state index contributed by atoms with van der Waals surface area (Å²) < 4.78 is 0. The molecule has 0 saturated carbocycles. The van der Waals surface area contributed by atoms with E-state index >= 15 is 0 Å². The Morgan fingerprint density at radius 2 is 1.82 bits per heavy atom. The van der Waals surface area contributed by atoms with Crippen LogP contribution in [0.3, 0.4) is 0 Å². The average Bonchev–Trinajstić information content (AvgIpc) is 2.30. The van der Waals surface area contributed by atoms with Gasteiger partial charge in [0.25, 0.3) is 0 Å². The summed E-state index contributed by atoms with van der Waals surface area (Å²) in [4.78, 5) is 24.1. The summed E-state index contributed by atoms with van der Waals surface area (Å²) in [6.07, 6.45) is 1.42. The molecule has 1 rings (SSSR count). The molecule has 1 aromatic rings. The zero-order chi connectivity index (χ0) is 12.8. The number of nitrogens with zero attached hydrogens (tertiary/aromatic N) is 1. The van der Waals surface area contributed by atoms with Crippen LogP contribution in [0, 0.1) is 0 Å². The van der Waals surface area contributed by atoms with Crippen molar-refractivity contribution in [2.75, 3.05) is 7.05 Å². The van der Waals surface area contributed by atoms with Crippen molar-refractivity contribution in [1.82, 2.24) is 4.90 Å². The normalized spacial score (nSPS) is 10.0. The van der Waals surface area contributed by atoms with E-state index in [9.17, 15) is 9.59 Å². The van der Waals surface area contributed by atoms with Crippen LogP contribution in [0.1, 0.15) is 35.7 Å². The van der Waals surface area contributed by atoms with E-state index in [2.05, 4.69) is 0 Å². The highest BCUT2D eigenvalue weighted by molar-refractivity contribution is 5.92. The Morgan fingerprint density at radius 1 is 1.24 bits per heavy atom. The molecule has 2 amide bonds. The standard InChI is InChI=1S/C13H18N2O2/c1-3-4-12(16)15(2)9-10-5-7-11(8-6-10)13(14)17/h5-8H,3-4,9H2,1-2H3,(H2,14,17). The maximum atomic E-state index is 11.6. The molecule has 17 heavy (non-hydrogen) atoms. The smallest absolute Gasteiger partial charge is 0.248 e. The second kappa shape index (κ2) is 6.03. The minimum absolute atomic E-state index is 0.131. The Morgan fingerprint density at radius 3 is 2.29 bits per heavy atom. The molecule has 0 aliphatic heterocycles. The van der Waals surface area contributed by atoms with Crippen molar-refractivity contribution in [3.05, 3.63) is 35.4 Å². The van der Waals surface area contributed by atoms with E-state index in [1.165, 1.54) is 0 Å². The van der Waals surface area contributed by atoms with Crippen molar-refractivity contribution in [3.63, 3.8) is 0 Å². The third-order valence-electron chi connectivity index (χ3n) is 2.55. The van der Waals surface area contributed by atoms with Gasteiger partial charge in [-0.2, -0.15) is 0 Å². The highest BCUT2D eigenvalue weighted by atomic mass is 16.2. The summed E-state index contributed by atoms with van der Waals surface area (Å²) in [6.45, 7) is 2.53. The third-order valence-corrected chi connectivity index (χ3v) is 2.55. The topological polar surface area (TPSA) is 63.4 Å². The van der Waals surface area contributed by atoms with Gasteiger partial charge >= 0.3 is 0 Å². The number of hydrogen-bond donors (Lipinski definition) is 1. The summed E-state index contributed by atoms with van der Waals surface area (Å²) in [5.41, 5.74) is 6.62. The Labute approximate surface area is 101 Å². The van der Waals surface area contributed by atoms with Crippen molar-refractivity contribution in [2.24, 2.45) is 5.73 Å². The van der Waals surface area contributed by atoms with Gasteiger partial charge in [0.15, 0.2) is 0 Å². The first-order chi connectivity index (χ1) is 8.04. The van der Waals surface area contributed by atoms with Gasteiger partial charge in [0.05, 0.1) is 0 Å². The lowest BCUT2D eigenvalue weighted by molar-refractivity contribution is -0.130. The summed E-state index contributed by atoms with van der Waals surface area (Å²) in [6, 6.07) is 6.98. The number of hydrogen-bond acceptors (Lipinski definition) is 2. The van der Waals surface area contributed by atoms with Crippen molar-refractivity contribution < 1.29 is 9.59 Å². The van der Waals surface area contributed by atoms with Gasteiger partial charge in [0.1, 0.15) is 0 Å². The van der Waals surface area contributed by atoms with Crippen LogP contribution in [0.4, 0.5) is 0 Å². The first-order valence-electron chi connectivity index (χ1n) is 5.67. The van der Waals surface area contributed by atoms with E-state index in [4.69, 9.17) is 5.73 Å². The minimum Gasteiger partial charge on any atom is -0.366 e. The molecule has 0 aliphatic carbocycles. The largest absolute Gasteiger partial charge is 0.366 e. The van der Waals surface area contributed by atoms with E-state index < -0.39 is 5.91 Å². The fourth-order valence-corrected chi connectivity index (χ4v) is 1.54. The van der Waals surface area contributed by atoms with E-state index in [0.29, 0.717) is 18.5 Å². The Bertz CT molecular complexity index is 398. The molecule has 0 saturated heterocycles. The fourth-order valence-electron chi connectivity index (χ4n) is 1.54. The summed E-state index contributed by atoms with van der Waals surface area (Å²) in [5.74, 6) is -0.307. The number of amides is 2. The van der Waals surface area contributed by atoms with Crippen molar-refractivity contribution in [3.8, 4) is 0 Å². The first kappa shape index (κ1) is 13.2. The third kappa shape index (κ3) is 3.90. The predicted octanol–water partition coefficient (Wildman–Crippen LogP) is 1.54. The van der Waals surface area contributed by atoms with Gasteiger partial charge in [0, 0.05) is 25.6 Å². The van der Waals surface area contributed by atoms with Crippen LogP contribution in [0.25, 0.3) is 0 Å². The lowest BCUT2D eigenvalue weighted by Gasteiger charge is -2.16. The van der Waals surface area contributed by atoms with Gasteiger partial charge in [-0.15, -0.1) is 0 Å². The number of carbonyl (C=O) groups is 2. The number of nitrogens with two attached hydrogens (primary N) is 1. The van der Waals surface area contributed by atoms with Gasteiger partial charge < -0.3 is 10.6 Å². The fraction of sp³-hybridized carbons (Fsp3) is 0.385. The second-order valence-electron chi connectivity index (χ2n) is 4.06. The van der Waals surface area contributed by atoms with E-state index in [0.717, 1.165) is 12.0 Å². The molecule has 0 aliphatic rings. The van der Waals surface area contributed by atoms with E-state index in [-0.39, 0.29) is 5.91 Å². The molecule has 0 spiro atoms. The molecule has 2 N–H and O–H groups in total. The molecule has 0 unspecified atom stereocenters. The van der Waals surface area contributed by atoms with Gasteiger partial charge in [-0.25, -0.2) is 0 Å². The molecule has 0 heterocycles. The van der Waals surface area contributed by atoms with E-state index in [1.54, 1.807) is 24.1 Å². The molecular formula is C13H18N2O2. The molecule has 0 bridgehead atoms. The molecule has 92 valence electrons. The molecule has 4 nitrogen and oxygen atoms in total. The van der Waals surface area contributed by atoms with Crippen LogP contribution in [0.15, 0.2) is 24.3 Å². The highest BCUT2D eigenvalue weighted by Crippen LogP contribution is 2.07. The molecule has 0 atom stereocenters. The molecule has 1 aromatic carbocycles. The zero-order valence-corrected chi connectivity index (χ0v) is 10.3. The maximum absolute atomic E-state index is 11.6. The van der Waals surface area contributed by atoms with Crippen LogP contribution in [0.2, 0.25) is 0 Å². The molecule has 0 aromatic heterocycles. The van der Waals surface area contributed by atoms with Crippen LogP contribution < -0.4 is 5.73 Å². The molecular weight excluding hydrogens is 216 g/mol. The van der Waals surface area contributed by atoms with Crippen LogP contribution >= 0.6 is 0 Å². The van der Waals surface area contributed by atoms with Crippen molar-refractivity contribution in [1.29, 1.82) is 0 Å². The predicted molar refractivity (Wildman–Crippen MR) is 66.3 cm³/mol. The number of benzene rings is 1. The summed E-state index contributed by atoms with van der Waals surface area (Å²) >= 11 is 0. The minimum atomic E-state index is -0.438. The zero-order valence-electron chi connectivity index (χ0n) is 10.3. The Hall–Kier alpha value is -1.84. The van der Waals surface area contributed by atoms with Crippen LogP contribution in [0.5, 0.6) is 0 Å². The quantitative estimate of drug-likeness (QED) is 0.840.